The largest absolute Gasteiger partial charge is 0.309 e. The van der Waals surface area contributed by atoms with Crippen LogP contribution < -0.4 is 0 Å². The van der Waals surface area contributed by atoms with Gasteiger partial charge in [0.1, 0.15) is 0 Å². The third-order valence-electron chi connectivity index (χ3n) is 12.3. The molecular weight excluding hydrogens is 701 g/mol. The molecule has 0 bridgehead atoms. The fourth-order valence-electron chi connectivity index (χ4n) is 9.04. The van der Waals surface area contributed by atoms with Crippen LogP contribution in [0.3, 0.4) is 0 Å². The first-order chi connectivity index (χ1) is 27.2. The molecular formula is C51H40N4S. The minimum Gasteiger partial charge on any atom is -0.309 e. The Morgan fingerprint density at radius 1 is 0.446 bits per heavy atom. The number of hydrogen-bond acceptors (Lipinski definition) is 4. The third-order valence-corrected chi connectivity index (χ3v) is 13.4. The number of nitrogens with zero attached hydrogens (tertiary/aromatic N) is 4. The highest BCUT2D eigenvalue weighted by Crippen LogP contribution is 2.48. The lowest BCUT2D eigenvalue weighted by atomic mass is 9.63. The molecule has 1 aliphatic carbocycles. The predicted octanol–water partition coefficient (Wildman–Crippen LogP) is 13.8. The van der Waals surface area contributed by atoms with E-state index in [4.69, 9.17) is 15.0 Å². The van der Waals surface area contributed by atoms with Crippen LogP contribution in [0.1, 0.15) is 51.7 Å². The van der Waals surface area contributed by atoms with E-state index in [1.54, 1.807) is 0 Å². The Morgan fingerprint density at radius 2 is 1.05 bits per heavy atom. The summed E-state index contributed by atoms with van der Waals surface area (Å²) in [6.07, 6.45) is 2.38. The highest BCUT2D eigenvalue weighted by molar-refractivity contribution is 7.25. The van der Waals surface area contributed by atoms with E-state index in [0.29, 0.717) is 17.5 Å². The zero-order valence-corrected chi connectivity index (χ0v) is 32.8. The molecule has 270 valence electrons. The second-order valence-corrected chi connectivity index (χ2v) is 17.8. The van der Waals surface area contributed by atoms with E-state index in [-0.39, 0.29) is 10.8 Å². The van der Waals surface area contributed by atoms with Gasteiger partial charge in [0, 0.05) is 53.3 Å². The van der Waals surface area contributed by atoms with Crippen molar-refractivity contribution >= 4 is 64.1 Å². The van der Waals surface area contributed by atoms with Gasteiger partial charge < -0.3 is 4.57 Å². The molecule has 0 amide bonds. The van der Waals surface area contributed by atoms with Crippen molar-refractivity contribution in [3.8, 4) is 39.9 Å². The zero-order chi connectivity index (χ0) is 37.8. The van der Waals surface area contributed by atoms with Crippen LogP contribution in [-0.4, -0.2) is 19.5 Å². The molecule has 4 nitrogen and oxygen atoms in total. The second kappa shape index (κ2) is 12.2. The number of thiophene rings is 1. The fourth-order valence-corrected chi connectivity index (χ4v) is 10.1. The van der Waals surface area contributed by atoms with Crippen LogP contribution in [-0.2, 0) is 10.8 Å². The quantitative estimate of drug-likeness (QED) is 0.180. The molecule has 56 heavy (non-hydrogen) atoms. The number of fused-ring (bicyclic) bond motifs is 8. The van der Waals surface area contributed by atoms with Gasteiger partial charge in [0.05, 0.1) is 11.0 Å². The highest BCUT2D eigenvalue weighted by Gasteiger charge is 2.38. The molecule has 0 N–H and O–H groups in total. The molecule has 0 saturated heterocycles. The van der Waals surface area contributed by atoms with Crippen LogP contribution in [0.2, 0.25) is 0 Å². The van der Waals surface area contributed by atoms with Crippen molar-refractivity contribution in [2.75, 3.05) is 0 Å². The maximum absolute atomic E-state index is 5.17. The van der Waals surface area contributed by atoms with Gasteiger partial charge in [-0.1, -0.05) is 113 Å². The molecule has 5 heteroatoms. The minimum absolute atomic E-state index is 0.115. The van der Waals surface area contributed by atoms with Crippen molar-refractivity contribution in [1.82, 2.24) is 19.5 Å². The summed E-state index contributed by atoms with van der Waals surface area (Å²) in [5, 5.41) is 7.40. The maximum atomic E-state index is 5.17. The fraction of sp³-hybridized carbons (Fsp3) is 0.157. The minimum atomic E-state index is 0.115. The van der Waals surface area contributed by atoms with Crippen molar-refractivity contribution in [2.24, 2.45) is 0 Å². The topological polar surface area (TPSA) is 43.6 Å². The van der Waals surface area contributed by atoms with Crippen LogP contribution in [0.25, 0.3) is 92.6 Å². The van der Waals surface area contributed by atoms with Gasteiger partial charge in [0.2, 0.25) is 0 Å². The number of para-hydroxylation sites is 1. The van der Waals surface area contributed by atoms with Crippen LogP contribution in [0.4, 0.5) is 0 Å². The Morgan fingerprint density at radius 3 is 1.84 bits per heavy atom. The first-order valence-electron chi connectivity index (χ1n) is 19.6. The summed E-state index contributed by atoms with van der Waals surface area (Å²) in [7, 11) is 0. The highest BCUT2D eigenvalue weighted by atomic mass is 32.1. The Bertz CT molecular complexity index is 3200. The van der Waals surface area contributed by atoms with Crippen molar-refractivity contribution in [3.63, 3.8) is 0 Å². The molecule has 0 aliphatic heterocycles. The molecule has 0 spiro atoms. The molecule has 1 aliphatic rings. The lowest BCUT2D eigenvalue weighted by Crippen LogP contribution is -2.33. The van der Waals surface area contributed by atoms with Gasteiger partial charge in [0.25, 0.3) is 0 Å². The summed E-state index contributed by atoms with van der Waals surface area (Å²) < 4.78 is 5.01. The molecule has 11 rings (SSSR count). The number of rotatable bonds is 4. The summed E-state index contributed by atoms with van der Waals surface area (Å²) in [5.41, 5.74) is 9.74. The van der Waals surface area contributed by atoms with E-state index in [1.807, 2.05) is 29.5 Å². The normalized spacial score (nSPS) is 14.9. The molecule has 0 fully saturated rings. The summed E-state index contributed by atoms with van der Waals surface area (Å²) >= 11 is 1.82. The standard InChI is InChI=1S/C51H40N4S/c1-50(2)24-25-51(3,4)42-30-44-39(29-41(42)50)37-14-8-10-16-43(37)55(44)36-22-20-31-18-19-33(26-35(31)27-36)48-52-47(32-12-6-5-7-13-32)53-49(54-48)34-21-23-46-40(28-34)38-15-9-11-17-45(38)56-46/h5-23,26-30H,24-25H2,1-4H3. The van der Waals surface area contributed by atoms with Gasteiger partial charge >= 0.3 is 0 Å². The molecule has 0 atom stereocenters. The van der Waals surface area contributed by atoms with E-state index in [0.717, 1.165) is 27.8 Å². The van der Waals surface area contributed by atoms with Gasteiger partial charge in [0.15, 0.2) is 17.5 Å². The molecule has 0 unspecified atom stereocenters. The van der Waals surface area contributed by atoms with E-state index in [2.05, 4.69) is 160 Å². The second-order valence-electron chi connectivity index (χ2n) is 16.8. The molecule has 7 aromatic carbocycles. The molecule has 10 aromatic rings. The van der Waals surface area contributed by atoms with E-state index >= 15 is 0 Å². The van der Waals surface area contributed by atoms with Crippen molar-refractivity contribution in [3.05, 3.63) is 157 Å². The van der Waals surface area contributed by atoms with Crippen LogP contribution >= 0.6 is 11.3 Å². The predicted molar refractivity (Wildman–Crippen MR) is 236 cm³/mol. The van der Waals surface area contributed by atoms with E-state index < -0.39 is 0 Å². The first kappa shape index (κ1) is 33.2. The summed E-state index contributed by atoms with van der Waals surface area (Å²) in [4.78, 5) is 15.3. The Labute approximate surface area is 330 Å². The van der Waals surface area contributed by atoms with Crippen molar-refractivity contribution in [2.45, 2.75) is 51.4 Å². The average molecular weight is 741 g/mol. The summed E-state index contributed by atoms with van der Waals surface area (Å²) in [6, 6.07) is 52.7. The lowest BCUT2D eigenvalue weighted by molar-refractivity contribution is 0.332. The SMILES string of the molecule is CC1(C)CCC(C)(C)c2cc3c(cc21)c1ccccc1n3-c1ccc2ccc(-c3nc(-c4ccccc4)nc(-c4ccc5sc6ccccc6c5c4)n3)cc2c1. The van der Waals surface area contributed by atoms with E-state index in [1.165, 1.54) is 71.3 Å². The van der Waals surface area contributed by atoms with Crippen molar-refractivity contribution in [1.29, 1.82) is 0 Å². The number of aromatic nitrogens is 4. The van der Waals surface area contributed by atoms with Gasteiger partial charge in [-0.15, -0.1) is 11.3 Å². The Kier molecular flexibility index (Phi) is 7.21. The molecule has 0 radical (unpaired) electrons. The lowest BCUT2D eigenvalue weighted by Gasteiger charge is -2.42. The number of benzene rings is 7. The summed E-state index contributed by atoms with van der Waals surface area (Å²) in [5.74, 6) is 1.98. The summed E-state index contributed by atoms with van der Waals surface area (Å²) in [6.45, 7) is 9.65. The van der Waals surface area contributed by atoms with E-state index in [9.17, 15) is 0 Å². The van der Waals surface area contributed by atoms with Crippen molar-refractivity contribution < 1.29 is 0 Å². The van der Waals surface area contributed by atoms with Gasteiger partial charge in [-0.25, -0.2) is 15.0 Å². The van der Waals surface area contributed by atoms with Crippen LogP contribution in [0.15, 0.2) is 146 Å². The smallest absolute Gasteiger partial charge is 0.164 e. The average Bonchev–Trinajstić information content (AvgIpc) is 3.77. The molecule has 3 aromatic heterocycles. The molecule has 0 saturated carbocycles. The zero-order valence-electron chi connectivity index (χ0n) is 32.0. The Balaban J connectivity index is 1.08. The van der Waals surface area contributed by atoms with Crippen LogP contribution in [0, 0.1) is 0 Å². The van der Waals surface area contributed by atoms with Gasteiger partial charge in [-0.3, -0.25) is 0 Å². The maximum Gasteiger partial charge on any atom is 0.164 e. The van der Waals surface area contributed by atoms with Crippen LogP contribution in [0.5, 0.6) is 0 Å². The monoisotopic (exact) mass is 740 g/mol. The Hall–Kier alpha value is -6.17. The first-order valence-corrected chi connectivity index (χ1v) is 20.4. The third kappa shape index (κ3) is 5.21. The van der Waals surface area contributed by atoms with Gasteiger partial charge in [-0.05, 0) is 106 Å². The molecule has 3 heterocycles. The van der Waals surface area contributed by atoms with Gasteiger partial charge in [-0.2, -0.15) is 0 Å². The number of hydrogen-bond donors (Lipinski definition) is 0.